The number of hydrogen-bond acceptors (Lipinski definition) is 3. The van der Waals surface area contributed by atoms with E-state index in [1.54, 1.807) is 0 Å². The smallest absolute Gasteiger partial charge is 0.311 e. The van der Waals surface area contributed by atoms with Crippen molar-refractivity contribution in [3.8, 4) is 0 Å². The molecule has 0 bridgehead atoms. The molecule has 0 saturated carbocycles. The molecule has 1 unspecified atom stereocenters. The van der Waals surface area contributed by atoms with Crippen molar-refractivity contribution in [1.82, 2.24) is 0 Å². The van der Waals surface area contributed by atoms with Crippen molar-refractivity contribution in [3.63, 3.8) is 0 Å². The summed E-state index contributed by atoms with van der Waals surface area (Å²) in [7, 11) is 0. The van der Waals surface area contributed by atoms with Gasteiger partial charge in [-0.2, -0.15) is 0 Å². The van der Waals surface area contributed by atoms with E-state index in [1.807, 2.05) is 30.3 Å². The van der Waals surface area contributed by atoms with Crippen molar-refractivity contribution in [3.05, 3.63) is 42.3 Å². The van der Waals surface area contributed by atoms with Crippen LogP contribution < -0.4 is 5.73 Å². The summed E-state index contributed by atoms with van der Waals surface area (Å²) in [5, 5.41) is 0. The van der Waals surface area contributed by atoms with Crippen LogP contribution in [-0.2, 0) is 16.0 Å². The van der Waals surface area contributed by atoms with Crippen molar-refractivity contribution in [2.24, 2.45) is 5.73 Å². The molecule has 1 rings (SSSR count). The minimum Gasteiger partial charge on any atom is -0.465 e. The van der Waals surface area contributed by atoms with Crippen LogP contribution in [0.1, 0.15) is 25.3 Å². The maximum absolute atomic E-state index is 11.4. The second-order valence-electron chi connectivity index (χ2n) is 4.04. The van der Waals surface area contributed by atoms with Crippen LogP contribution in [0.2, 0.25) is 0 Å². The maximum atomic E-state index is 11.4. The SMILES string of the molecule is CCCCOC(=O)[CH]C(N)Cc1ccccc1. The average molecular weight is 234 g/mol. The van der Waals surface area contributed by atoms with E-state index in [9.17, 15) is 4.79 Å². The Morgan fingerprint density at radius 2 is 2.12 bits per heavy atom. The van der Waals surface area contributed by atoms with Gasteiger partial charge >= 0.3 is 5.97 Å². The van der Waals surface area contributed by atoms with Crippen LogP contribution in [0, 0.1) is 6.42 Å². The van der Waals surface area contributed by atoms with Gasteiger partial charge in [-0.3, -0.25) is 4.79 Å². The summed E-state index contributed by atoms with van der Waals surface area (Å²) in [6, 6.07) is 9.58. The van der Waals surface area contributed by atoms with Crippen LogP contribution in [0.25, 0.3) is 0 Å². The first-order valence-electron chi connectivity index (χ1n) is 6.03. The molecule has 3 heteroatoms. The number of nitrogens with two attached hydrogens (primary N) is 1. The lowest BCUT2D eigenvalue weighted by molar-refractivity contribution is -0.139. The summed E-state index contributed by atoms with van der Waals surface area (Å²) in [6.45, 7) is 2.53. The molecule has 3 nitrogen and oxygen atoms in total. The number of unbranched alkanes of at least 4 members (excludes halogenated alkanes) is 1. The topological polar surface area (TPSA) is 52.3 Å². The number of esters is 1. The highest BCUT2D eigenvalue weighted by Gasteiger charge is 2.11. The monoisotopic (exact) mass is 234 g/mol. The highest BCUT2D eigenvalue weighted by Crippen LogP contribution is 2.04. The van der Waals surface area contributed by atoms with Gasteiger partial charge in [0, 0.05) is 6.04 Å². The van der Waals surface area contributed by atoms with Crippen molar-refractivity contribution >= 4 is 5.97 Å². The van der Waals surface area contributed by atoms with Gasteiger partial charge in [-0.05, 0) is 18.4 Å². The Morgan fingerprint density at radius 1 is 1.41 bits per heavy atom. The van der Waals surface area contributed by atoms with Gasteiger partial charge in [-0.15, -0.1) is 0 Å². The Kier molecular flexibility index (Phi) is 6.33. The molecule has 0 saturated heterocycles. The van der Waals surface area contributed by atoms with E-state index >= 15 is 0 Å². The summed E-state index contributed by atoms with van der Waals surface area (Å²) in [6.07, 6.45) is 4.02. The second-order valence-corrected chi connectivity index (χ2v) is 4.04. The zero-order valence-electron chi connectivity index (χ0n) is 10.3. The molecular weight excluding hydrogens is 214 g/mol. The quantitative estimate of drug-likeness (QED) is 0.580. The third-order valence-corrected chi connectivity index (χ3v) is 2.41. The van der Waals surface area contributed by atoms with E-state index in [1.165, 1.54) is 6.42 Å². The Morgan fingerprint density at radius 3 is 2.76 bits per heavy atom. The highest BCUT2D eigenvalue weighted by atomic mass is 16.5. The standard InChI is InChI=1S/C14H20NO2/c1-2-3-9-17-14(16)11-13(15)10-12-7-5-4-6-8-12/h4-8,11,13H,2-3,9-10,15H2,1H3. The number of carbonyl (C=O) groups is 1. The normalized spacial score (nSPS) is 12.1. The molecule has 0 aromatic heterocycles. The van der Waals surface area contributed by atoms with Gasteiger partial charge in [0.25, 0.3) is 0 Å². The van der Waals surface area contributed by atoms with E-state index in [0.29, 0.717) is 13.0 Å². The van der Waals surface area contributed by atoms with Gasteiger partial charge in [0.2, 0.25) is 0 Å². The van der Waals surface area contributed by atoms with Crippen LogP contribution >= 0.6 is 0 Å². The van der Waals surface area contributed by atoms with Crippen LogP contribution in [0.15, 0.2) is 30.3 Å². The Hall–Kier alpha value is -1.35. The number of benzene rings is 1. The van der Waals surface area contributed by atoms with Crippen molar-refractivity contribution in [2.45, 2.75) is 32.2 Å². The molecule has 1 radical (unpaired) electrons. The Balaban J connectivity index is 2.25. The number of carbonyl (C=O) groups excluding carboxylic acids is 1. The fourth-order valence-electron chi connectivity index (χ4n) is 1.49. The number of rotatable bonds is 7. The molecular formula is C14H20NO2. The van der Waals surface area contributed by atoms with Gasteiger partial charge in [0.05, 0.1) is 13.0 Å². The van der Waals surface area contributed by atoms with Crippen molar-refractivity contribution in [2.75, 3.05) is 6.61 Å². The largest absolute Gasteiger partial charge is 0.465 e. The molecule has 0 heterocycles. The van der Waals surface area contributed by atoms with E-state index < -0.39 is 0 Å². The van der Waals surface area contributed by atoms with Gasteiger partial charge in [0.1, 0.15) is 0 Å². The molecule has 2 N–H and O–H groups in total. The first-order chi connectivity index (χ1) is 8.22. The molecule has 1 atom stereocenters. The highest BCUT2D eigenvalue weighted by molar-refractivity contribution is 5.79. The van der Waals surface area contributed by atoms with Crippen molar-refractivity contribution < 1.29 is 9.53 Å². The Labute approximate surface area is 103 Å². The van der Waals surface area contributed by atoms with Crippen LogP contribution in [0.5, 0.6) is 0 Å². The van der Waals surface area contributed by atoms with Crippen LogP contribution in [0.4, 0.5) is 0 Å². The van der Waals surface area contributed by atoms with Gasteiger partial charge in [-0.1, -0.05) is 43.7 Å². The second kappa shape index (κ2) is 7.85. The molecule has 0 aliphatic carbocycles. The molecule has 93 valence electrons. The molecule has 0 spiro atoms. The van der Waals surface area contributed by atoms with Gasteiger partial charge in [-0.25, -0.2) is 0 Å². The lowest BCUT2D eigenvalue weighted by Gasteiger charge is -2.10. The fourth-order valence-corrected chi connectivity index (χ4v) is 1.49. The van der Waals surface area contributed by atoms with Crippen LogP contribution in [0.3, 0.4) is 0 Å². The average Bonchev–Trinajstić information content (AvgIpc) is 2.30. The minimum atomic E-state index is -0.318. The predicted molar refractivity (Wildman–Crippen MR) is 68.3 cm³/mol. The summed E-state index contributed by atoms with van der Waals surface area (Å²) >= 11 is 0. The first kappa shape index (κ1) is 13.7. The zero-order valence-corrected chi connectivity index (χ0v) is 10.3. The number of ether oxygens (including phenoxy) is 1. The van der Waals surface area contributed by atoms with E-state index in [4.69, 9.17) is 10.5 Å². The molecule has 1 aromatic carbocycles. The molecule has 17 heavy (non-hydrogen) atoms. The predicted octanol–water partition coefficient (Wildman–Crippen LogP) is 2.10. The number of hydrogen-bond donors (Lipinski definition) is 1. The minimum absolute atomic E-state index is 0.286. The lowest BCUT2D eigenvalue weighted by Crippen LogP contribution is -2.28. The maximum Gasteiger partial charge on any atom is 0.311 e. The third-order valence-electron chi connectivity index (χ3n) is 2.41. The molecule has 0 fully saturated rings. The summed E-state index contributed by atoms with van der Waals surface area (Å²) in [4.78, 5) is 11.4. The third kappa shape index (κ3) is 6.07. The van der Waals surface area contributed by atoms with Gasteiger partial charge in [0.15, 0.2) is 0 Å². The summed E-state index contributed by atoms with van der Waals surface area (Å²) < 4.78 is 5.02. The van der Waals surface area contributed by atoms with Crippen molar-refractivity contribution in [1.29, 1.82) is 0 Å². The summed E-state index contributed by atoms with van der Waals surface area (Å²) in [5.41, 5.74) is 6.98. The first-order valence-corrected chi connectivity index (χ1v) is 6.03. The van der Waals surface area contributed by atoms with Gasteiger partial charge < -0.3 is 10.5 Å². The molecule has 1 aromatic rings. The zero-order chi connectivity index (χ0) is 12.5. The molecule has 0 aliphatic heterocycles. The summed E-state index contributed by atoms with van der Waals surface area (Å²) in [5.74, 6) is -0.318. The van der Waals surface area contributed by atoms with Crippen LogP contribution in [-0.4, -0.2) is 18.6 Å². The molecule has 0 aliphatic rings. The van der Waals surface area contributed by atoms with E-state index in [-0.39, 0.29) is 12.0 Å². The molecule has 0 amide bonds. The lowest BCUT2D eigenvalue weighted by atomic mass is 10.0. The van der Waals surface area contributed by atoms with E-state index in [0.717, 1.165) is 18.4 Å². The Bertz CT molecular complexity index is 324. The fraction of sp³-hybridized carbons (Fsp3) is 0.429. The van der Waals surface area contributed by atoms with E-state index in [2.05, 4.69) is 6.92 Å².